The van der Waals surface area contributed by atoms with Crippen LogP contribution in [-0.4, -0.2) is 24.5 Å². The first kappa shape index (κ1) is 10.0. The van der Waals surface area contributed by atoms with E-state index in [1.54, 1.807) is 0 Å². The maximum absolute atomic E-state index is 2.54. The van der Waals surface area contributed by atoms with Crippen LogP contribution in [0.15, 0.2) is 0 Å². The minimum atomic E-state index is 0.823. The average molecular weight is 169 g/mol. The highest BCUT2D eigenvalue weighted by atomic mass is 15.1. The third-order valence-corrected chi connectivity index (χ3v) is 3.38. The van der Waals surface area contributed by atoms with Crippen molar-refractivity contribution in [2.45, 2.75) is 46.1 Å². The normalized spacial score (nSPS) is 32.8. The van der Waals surface area contributed by atoms with Gasteiger partial charge < -0.3 is 4.90 Å². The van der Waals surface area contributed by atoms with Crippen molar-refractivity contribution in [1.82, 2.24) is 4.90 Å². The van der Waals surface area contributed by atoms with Crippen molar-refractivity contribution in [2.24, 2.45) is 11.8 Å². The molecule has 0 aromatic heterocycles. The summed E-state index contributed by atoms with van der Waals surface area (Å²) >= 11 is 0. The van der Waals surface area contributed by atoms with Gasteiger partial charge in [-0.3, -0.25) is 0 Å². The Bertz CT molecular complexity index is 131. The quantitative estimate of drug-likeness (QED) is 0.614. The summed E-state index contributed by atoms with van der Waals surface area (Å²) in [7, 11) is 2.27. The Kier molecular flexibility index (Phi) is 3.57. The van der Waals surface area contributed by atoms with Gasteiger partial charge in [-0.25, -0.2) is 0 Å². The Balaban J connectivity index is 2.47. The van der Waals surface area contributed by atoms with Gasteiger partial charge in [0, 0.05) is 6.04 Å². The van der Waals surface area contributed by atoms with E-state index in [0.717, 1.165) is 17.9 Å². The van der Waals surface area contributed by atoms with Crippen LogP contribution in [0, 0.1) is 11.8 Å². The van der Waals surface area contributed by atoms with E-state index < -0.39 is 0 Å². The molecule has 0 N–H and O–H groups in total. The zero-order valence-corrected chi connectivity index (χ0v) is 9.01. The molecule has 0 radical (unpaired) electrons. The molecule has 1 heteroatoms. The van der Waals surface area contributed by atoms with E-state index in [2.05, 4.69) is 32.7 Å². The van der Waals surface area contributed by atoms with Crippen LogP contribution in [0.3, 0.4) is 0 Å². The first-order chi connectivity index (χ1) is 5.65. The summed E-state index contributed by atoms with van der Waals surface area (Å²) in [5.74, 6) is 1.82. The van der Waals surface area contributed by atoms with Crippen molar-refractivity contribution in [2.75, 3.05) is 13.6 Å². The molecule has 1 aliphatic heterocycles. The van der Waals surface area contributed by atoms with E-state index in [1.165, 1.54) is 25.8 Å². The fourth-order valence-electron chi connectivity index (χ4n) is 2.34. The van der Waals surface area contributed by atoms with E-state index in [9.17, 15) is 0 Å². The lowest BCUT2D eigenvalue weighted by atomic mass is 9.84. The Hall–Kier alpha value is -0.0400. The number of piperidine rings is 1. The Morgan fingerprint density at radius 1 is 1.42 bits per heavy atom. The molecule has 0 amide bonds. The molecule has 0 bridgehead atoms. The number of hydrogen-bond acceptors (Lipinski definition) is 1. The van der Waals surface area contributed by atoms with Crippen molar-refractivity contribution in [3.05, 3.63) is 0 Å². The lowest BCUT2D eigenvalue weighted by Crippen LogP contribution is -2.42. The smallest absolute Gasteiger partial charge is 0.0118 e. The molecule has 12 heavy (non-hydrogen) atoms. The van der Waals surface area contributed by atoms with E-state index in [0.29, 0.717) is 0 Å². The van der Waals surface area contributed by atoms with E-state index >= 15 is 0 Å². The molecular formula is C11H23N. The Morgan fingerprint density at radius 3 is 2.58 bits per heavy atom. The predicted molar refractivity (Wildman–Crippen MR) is 54.3 cm³/mol. The van der Waals surface area contributed by atoms with Crippen LogP contribution in [0.4, 0.5) is 0 Å². The van der Waals surface area contributed by atoms with Crippen molar-refractivity contribution in [1.29, 1.82) is 0 Å². The largest absolute Gasteiger partial charge is 0.303 e. The summed E-state index contributed by atoms with van der Waals surface area (Å²) in [5.41, 5.74) is 0. The van der Waals surface area contributed by atoms with Gasteiger partial charge in [0.05, 0.1) is 0 Å². The van der Waals surface area contributed by atoms with E-state index in [-0.39, 0.29) is 0 Å². The fraction of sp³-hybridized carbons (Fsp3) is 1.00. The highest BCUT2D eigenvalue weighted by Gasteiger charge is 2.26. The van der Waals surface area contributed by atoms with E-state index in [4.69, 9.17) is 0 Å². The van der Waals surface area contributed by atoms with Gasteiger partial charge in [0.2, 0.25) is 0 Å². The van der Waals surface area contributed by atoms with E-state index in [1.807, 2.05) is 0 Å². The third-order valence-electron chi connectivity index (χ3n) is 3.38. The SMILES string of the molecule is CCC1CCN(C)C(C(C)C)C1. The van der Waals surface area contributed by atoms with Crippen molar-refractivity contribution in [3.8, 4) is 0 Å². The number of nitrogens with zero attached hydrogens (tertiary/aromatic N) is 1. The van der Waals surface area contributed by atoms with Gasteiger partial charge >= 0.3 is 0 Å². The second-order valence-corrected chi connectivity index (χ2v) is 4.59. The average Bonchev–Trinajstić information content (AvgIpc) is 2.05. The molecule has 0 aromatic rings. The van der Waals surface area contributed by atoms with Crippen LogP contribution in [0.25, 0.3) is 0 Å². The summed E-state index contributed by atoms with van der Waals surface area (Å²) in [6.45, 7) is 8.33. The molecule has 0 aromatic carbocycles. The summed E-state index contributed by atoms with van der Waals surface area (Å²) in [4.78, 5) is 2.54. The molecule has 72 valence electrons. The molecular weight excluding hydrogens is 146 g/mol. The van der Waals surface area contributed by atoms with Crippen molar-refractivity contribution < 1.29 is 0 Å². The van der Waals surface area contributed by atoms with Crippen LogP contribution in [-0.2, 0) is 0 Å². The van der Waals surface area contributed by atoms with Gasteiger partial charge in [-0.05, 0) is 38.3 Å². The maximum atomic E-state index is 2.54. The van der Waals surface area contributed by atoms with Crippen LogP contribution in [0.1, 0.15) is 40.0 Å². The second-order valence-electron chi connectivity index (χ2n) is 4.59. The lowest BCUT2D eigenvalue weighted by molar-refractivity contribution is 0.105. The molecule has 1 fully saturated rings. The predicted octanol–water partition coefficient (Wildman–Crippen LogP) is 2.76. The molecule has 0 saturated carbocycles. The molecule has 1 rings (SSSR count). The fourth-order valence-corrected chi connectivity index (χ4v) is 2.34. The highest BCUT2D eigenvalue weighted by Crippen LogP contribution is 2.27. The topological polar surface area (TPSA) is 3.24 Å². The van der Waals surface area contributed by atoms with Gasteiger partial charge in [0.1, 0.15) is 0 Å². The number of hydrogen-bond donors (Lipinski definition) is 0. The monoisotopic (exact) mass is 169 g/mol. The summed E-state index contributed by atoms with van der Waals surface area (Å²) in [5, 5.41) is 0. The van der Waals surface area contributed by atoms with Crippen molar-refractivity contribution >= 4 is 0 Å². The Labute approximate surface area is 77.1 Å². The zero-order valence-electron chi connectivity index (χ0n) is 9.01. The highest BCUT2D eigenvalue weighted by molar-refractivity contribution is 4.81. The summed E-state index contributed by atoms with van der Waals surface area (Å²) < 4.78 is 0. The molecule has 1 heterocycles. The number of rotatable bonds is 2. The second kappa shape index (κ2) is 4.27. The van der Waals surface area contributed by atoms with Gasteiger partial charge in [-0.15, -0.1) is 0 Å². The minimum absolute atomic E-state index is 0.823. The van der Waals surface area contributed by atoms with Gasteiger partial charge in [-0.2, -0.15) is 0 Å². The Morgan fingerprint density at radius 2 is 2.08 bits per heavy atom. The maximum Gasteiger partial charge on any atom is 0.0118 e. The molecule has 1 nitrogen and oxygen atoms in total. The number of likely N-dealkylation sites (tertiary alicyclic amines) is 1. The molecule has 2 atom stereocenters. The van der Waals surface area contributed by atoms with Gasteiger partial charge in [-0.1, -0.05) is 27.2 Å². The first-order valence-electron chi connectivity index (χ1n) is 5.35. The molecule has 0 spiro atoms. The standard InChI is InChI=1S/C11H23N/c1-5-10-6-7-12(4)11(8-10)9(2)3/h9-11H,5-8H2,1-4H3. The lowest BCUT2D eigenvalue weighted by Gasteiger charge is -2.39. The summed E-state index contributed by atoms with van der Waals surface area (Å²) in [6, 6.07) is 0.837. The third kappa shape index (κ3) is 2.22. The first-order valence-corrected chi connectivity index (χ1v) is 5.35. The summed E-state index contributed by atoms with van der Waals surface area (Å²) in [6.07, 6.45) is 4.21. The van der Waals surface area contributed by atoms with Crippen molar-refractivity contribution in [3.63, 3.8) is 0 Å². The van der Waals surface area contributed by atoms with Gasteiger partial charge in [0.25, 0.3) is 0 Å². The van der Waals surface area contributed by atoms with Gasteiger partial charge in [0.15, 0.2) is 0 Å². The van der Waals surface area contributed by atoms with Crippen LogP contribution < -0.4 is 0 Å². The minimum Gasteiger partial charge on any atom is -0.303 e. The molecule has 0 aliphatic carbocycles. The molecule has 1 aliphatic rings. The van der Waals surface area contributed by atoms with Crippen LogP contribution >= 0.6 is 0 Å². The van der Waals surface area contributed by atoms with Crippen LogP contribution in [0.5, 0.6) is 0 Å². The van der Waals surface area contributed by atoms with Crippen LogP contribution in [0.2, 0.25) is 0 Å². The zero-order chi connectivity index (χ0) is 9.14. The molecule has 1 saturated heterocycles. The molecule has 2 unspecified atom stereocenters.